The molecular formula is C48H54N6O8. The first-order valence-corrected chi connectivity index (χ1v) is 20.4. The highest BCUT2D eigenvalue weighted by Gasteiger charge is 2.38. The molecule has 324 valence electrons. The van der Waals surface area contributed by atoms with Crippen molar-refractivity contribution in [1.82, 2.24) is 0 Å². The standard InChI is InChI=1S/C48H54N6O8/c1-7-52(8-2)42-19-13-36(14-20-42)25-39(28-49)45(56)60-32-48(31-59-35-55,33-61-46(57)40(29-50)26-37-15-21-43(22-16-37)53(9-3)10-4)34-62-47(58)41(30-51)27-38-17-23-44(24-18-38)54(11-5)12-6/h13-27,35H,7-12,31-34H2,1-6H3/b39-25+,40-26+,41-27+. The van der Waals surface area contributed by atoms with E-state index in [0.717, 1.165) is 56.3 Å². The van der Waals surface area contributed by atoms with Crippen LogP contribution in [0.2, 0.25) is 0 Å². The number of rotatable bonds is 24. The van der Waals surface area contributed by atoms with Gasteiger partial charge in [0.05, 0.1) is 0 Å². The second-order valence-electron chi connectivity index (χ2n) is 13.9. The highest BCUT2D eigenvalue weighted by Crippen LogP contribution is 2.25. The molecule has 0 fully saturated rings. The number of hydrogen-bond donors (Lipinski definition) is 0. The van der Waals surface area contributed by atoms with E-state index in [1.807, 2.05) is 96.1 Å². The molecule has 3 aromatic rings. The van der Waals surface area contributed by atoms with Crippen molar-refractivity contribution in [3.05, 3.63) is 106 Å². The van der Waals surface area contributed by atoms with Crippen LogP contribution >= 0.6 is 0 Å². The molecule has 0 aliphatic rings. The number of anilines is 3. The largest absolute Gasteiger partial charge is 0.467 e. The molecule has 0 spiro atoms. The van der Waals surface area contributed by atoms with Crippen molar-refractivity contribution in [3.8, 4) is 18.2 Å². The SMILES string of the molecule is CCN(CC)c1ccc(/C=C(\C#N)C(=O)OCC(COC=O)(COC(=O)/C(C#N)=C/c2ccc(N(CC)CC)cc2)COC(=O)/C(C#N)=C/c2ccc(N(CC)CC)cc2)cc1. The van der Waals surface area contributed by atoms with Gasteiger partial charge in [0.15, 0.2) is 0 Å². The number of benzene rings is 3. The van der Waals surface area contributed by atoms with E-state index < -0.39 is 49.8 Å². The van der Waals surface area contributed by atoms with Gasteiger partial charge in [0, 0.05) is 56.3 Å². The molecule has 0 N–H and O–H groups in total. The highest BCUT2D eigenvalue weighted by atomic mass is 16.6. The van der Waals surface area contributed by atoms with E-state index in [4.69, 9.17) is 18.9 Å². The zero-order chi connectivity index (χ0) is 45.5. The average molecular weight is 843 g/mol. The lowest BCUT2D eigenvalue weighted by Gasteiger charge is -2.31. The Kier molecular flexibility index (Phi) is 20.0. The molecule has 0 saturated heterocycles. The van der Waals surface area contributed by atoms with E-state index in [9.17, 15) is 35.0 Å². The molecule has 0 bridgehead atoms. The predicted octanol–water partition coefficient (Wildman–Crippen LogP) is 7.14. The van der Waals surface area contributed by atoms with Crippen LogP contribution in [0.1, 0.15) is 58.2 Å². The van der Waals surface area contributed by atoms with Gasteiger partial charge < -0.3 is 33.6 Å². The third-order valence-corrected chi connectivity index (χ3v) is 10.0. The summed E-state index contributed by atoms with van der Waals surface area (Å²) in [4.78, 5) is 58.2. The third-order valence-electron chi connectivity index (χ3n) is 10.0. The minimum absolute atomic E-state index is 0.105. The molecule has 0 saturated carbocycles. The quantitative estimate of drug-likeness (QED) is 0.0291. The van der Waals surface area contributed by atoms with Gasteiger partial charge in [-0.25, -0.2) is 14.4 Å². The first kappa shape index (κ1) is 49.0. The van der Waals surface area contributed by atoms with Crippen LogP contribution in [0.3, 0.4) is 0 Å². The first-order chi connectivity index (χ1) is 30.0. The molecule has 0 aliphatic heterocycles. The summed E-state index contributed by atoms with van der Waals surface area (Å²) in [6.45, 7) is 14.3. The highest BCUT2D eigenvalue weighted by molar-refractivity contribution is 5.99. The summed E-state index contributed by atoms with van der Waals surface area (Å²) in [5.74, 6) is -3.19. The summed E-state index contributed by atoms with van der Waals surface area (Å²) in [7, 11) is 0. The fraction of sp³-hybridized carbons (Fsp3) is 0.354. The number of ether oxygens (including phenoxy) is 4. The Morgan fingerprint density at radius 2 is 0.742 bits per heavy atom. The lowest BCUT2D eigenvalue weighted by molar-refractivity contribution is -0.162. The zero-order valence-electron chi connectivity index (χ0n) is 36.3. The van der Waals surface area contributed by atoms with Crippen LogP contribution in [0.15, 0.2) is 89.5 Å². The lowest BCUT2D eigenvalue weighted by atomic mass is 9.92. The summed E-state index contributed by atoms with van der Waals surface area (Å²) >= 11 is 0. The van der Waals surface area contributed by atoms with Crippen LogP contribution in [0.5, 0.6) is 0 Å². The van der Waals surface area contributed by atoms with Gasteiger partial charge in [0.25, 0.3) is 6.47 Å². The molecule has 0 amide bonds. The molecule has 0 radical (unpaired) electrons. The maximum Gasteiger partial charge on any atom is 0.348 e. The van der Waals surface area contributed by atoms with Gasteiger partial charge in [0.2, 0.25) is 0 Å². The molecule has 62 heavy (non-hydrogen) atoms. The van der Waals surface area contributed by atoms with Crippen LogP contribution in [0, 0.1) is 39.4 Å². The van der Waals surface area contributed by atoms with Gasteiger partial charge in [-0.1, -0.05) is 36.4 Å². The lowest BCUT2D eigenvalue weighted by Crippen LogP contribution is -2.43. The Labute approximate surface area is 364 Å². The van der Waals surface area contributed by atoms with Gasteiger partial charge in [-0.05, 0) is 113 Å². The van der Waals surface area contributed by atoms with Crippen molar-refractivity contribution < 1.29 is 38.1 Å². The van der Waals surface area contributed by atoms with Crippen LogP contribution in [-0.2, 0) is 38.1 Å². The van der Waals surface area contributed by atoms with Crippen LogP contribution < -0.4 is 14.7 Å². The molecule has 3 aromatic carbocycles. The van der Waals surface area contributed by atoms with Crippen molar-refractivity contribution in [2.45, 2.75) is 41.5 Å². The normalized spacial score (nSPS) is 11.6. The van der Waals surface area contributed by atoms with E-state index >= 15 is 0 Å². The predicted molar refractivity (Wildman–Crippen MR) is 238 cm³/mol. The van der Waals surface area contributed by atoms with Crippen molar-refractivity contribution in [1.29, 1.82) is 15.8 Å². The first-order valence-electron chi connectivity index (χ1n) is 20.4. The minimum Gasteiger partial charge on any atom is -0.467 e. The molecule has 3 rings (SSSR count). The topological polar surface area (TPSA) is 186 Å². The maximum absolute atomic E-state index is 13.4. The van der Waals surface area contributed by atoms with Gasteiger partial charge in [-0.3, -0.25) is 4.79 Å². The van der Waals surface area contributed by atoms with Crippen LogP contribution in [-0.4, -0.2) is 90.1 Å². The molecular weight excluding hydrogens is 789 g/mol. The van der Waals surface area contributed by atoms with Gasteiger partial charge in [-0.15, -0.1) is 0 Å². The zero-order valence-corrected chi connectivity index (χ0v) is 36.3. The van der Waals surface area contributed by atoms with Gasteiger partial charge >= 0.3 is 17.9 Å². The molecule has 14 heteroatoms. The van der Waals surface area contributed by atoms with Crippen LogP contribution in [0.25, 0.3) is 18.2 Å². The number of carbonyl (C=O) groups is 4. The average Bonchev–Trinajstić information content (AvgIpc) is 3.30. The van der Waals surface area contributed by atoms with E-state index in [-0.39, 0.29) is 23.2 Å². The van der Waals surface area contributed by atoms with Gasteiger partial charge in [0.1, 0.15) is 66.8 Å². The Morgan fingerprint density at radius 1 is 0.484 bits per heavy atom. The minimum atomic E-state index is -1.77. The number of nitrogens with zero attached hydrogens (tertiary/aromatic N) is 6. The number of nitriles is 3. The second-order valence-corrected chi connectivity index (χ2v) is 13.9. The third kappa shape index (κ3) is 14.1. The Hall–Kier alpha value is -7.37. The Balaban J connectivity index is 1.95. The van der Waals surface area contributed by atoms with Crippen molar-refractivity contribution in [2.24, 2.45) is 5.41 Å². The second kappa shape index (κ2) is 25.3. The van der Waals surface area contributed by atoms with Crippen molar-refractivity contribution >= 4 is 59.7 Å². The molecule has 0 unspecified atom stereocenters. The fourth-order valence-corrected chi connectivity index (χ4v) is 6.37. The van der Waals surface area contributed by atoms with Gasteiger partial charge in [-0.2, -0.15) is 15.8 Å². The number of hydrogen-bond acceptors (Lipinski definition) is 14. The van der Waals surface area contributed by atoms with E-state index in [1.165, 1.54) is 18.2 Å². The molecule has 0 heterocycles. The fourth-order valence-electron chi connectivity index (χ4n) is 6.37. The summed E-state index contributed by atoms with van der Waals surface area (Å²) in [5.41, 5.74) is 1.63. The smallest absolute Gasteiger partial charge is 0.348 e. The summed E-state index contributed by atoms with van der Waals surface area (Å²) in [6, 6.07) is 27.2. The molecule has 0 aliphatic carbocycles. The van der Waals surface area contributed by atoms with E-state index in [1.54, 1.807) is 36.4 Å². The number of carbonyl (C=O) groups excluding carboxylic acids is 4. The van der Waals surface area contributed by atoms with Crippen LogP contribution in [0.4, 0.5) is 17.1 Å². The summed E-state index contributed by atoms with van der Waals surface area (Å²) < 4.78 is 21.8. The summed E-state index contributed by atoms with van der Waals surface area (Å²) in [6.07, 6.45) is 4.03. The van der Waals surface area contributed by atoms with Crippen molar-refractivity contribution in [2.75, 3.05) is 80.4 Å². The Morgan fingerprint density at radius 3 is 0.952 bits per heavy atom. The Bertz CT molecular complexity index is 1940. The van der Waals surface area contributed by atoms with Crippen molar-refractivity contribution in [3.63, 3.8) is 0 Å². The molecule has 0 atom stereocenters. The van der Waals surface area contributed by atoms with E-state index in [0.29, 0.717) is 16.7 Å². The summed E-state index contributed by atoms with van der Waals surface area (Å²) in [5, 5.41) is 29.8. The molecule has 14 nitrogen and oxygen atoms in total. The van der Waals surface area contributed by atoms with E-state index in [2.05, 4.69) is 14.7 Å². The number of esters is 3. The monoisotopic (exact) mass is 842 g/mol. The maximum atomic E-state index is 13.4. The molecule has 0 aromatic heterocycles.